The van der Waals surface area contributed by atoms with Crippen molar-refractivity contribution in [1.29, 1.82) is 0 Å². The number of amides is 1. The molecule has 1 unspecified atom stereocenters. The van der Waals surface area contributed by atoms with Gasteiger partial charge < -0.3 is 20.2 Å². The summed E-state index contributed by atoms with van der Waals surface area (Å²) in [4.78, 5) is 47.6. The Morgan fingerprint density at radius 2 is 1.91 bits per heavy atom. The van der Waals surface area contributed by atoms with E-state index in [-0.39, 0.29) is 18.4 Å². The summed E-state index contributed by atoms with van der Waals surface area (Å²) in [5.74, 6) is -0.526. The molecule has 0 heterocycles. The molecule has 0 aliphatic heterocycles. The lowest BCUT2D eigenvalue weighted by Crippen LogP contribution is -2.51. The number of nitrogens with zero attached hydrogens (tertiary/aromatic N) is 1. The zero-order chi connectivity index (χ0) is 24.9. The number of hydrogen-bond donors (Lipinski definition) is 2. The predicted molar refractivity (Wildman–Crippen MR) is 133 cm³/mol. The van der Waals surface area contributed by atoms with Crippen LogP contribution in [0.1, 0.15) is 48.2 Å². The van der Waals surface area contributed by atoms with Crippen LogP contribution in [0.3, 0.4) is 0 Å². The summed E-state index contributed by atoms with van der Waals surface area (Å²) in [7, 11) is 0. The first-order valence-electron chi connectivity index (χ1n) is 11.3. The Hall–Kier alpha value is -2.90. The van der Waals surface area contributed by atoms with Crippen molar-refractivity contribution in [2.75, 3.05) is 11.9 Å². The van der Waals surface area contributed by atoms with Crippen LogP contribution in [0.5, 0.6) is 0 Å². The molecule has 1 saturated carbocycles. The maximum atomic E-state index is 12.6. The molecule has 0 bridgehead atoms. The summed E-state index contributed by atoms with van der Waals surface area (Å²) in [6.07, 6.45) is 3.24. The van der Waals surface area contributed by atoms with E-state index in [2.05, 4.69) is 15.8 Å². The van der Waals surface area contributed by atoms with Crippen LogP contribution in [0, 0.1) is 23.2 Å². The largest absolute Gasteiger partial charge is 0.322 e. The van der Waals surface area contributed by atoms with Crippen LogP contribution in [-0.4, -0.2) is 36.6 Å². The highest BCUT2D eigenvalue weighted by atomic mass is 35.5. The average molecular weight is 484 g/mol. The van der Waals surface area contributed by atoms with E-state index in [1.165, 1.54) is 0 Å². The third-order valence-electron chi connectivity index (χ3n) is 7.27. The second kappa shape index (κ2) is 10.6. The molecule has 2 aromatic carbocycles. The third kappa shape index (κ3) is 5.10. The fourth-order valence-electron chi connectivity index (χ4n) is 4.73. The minimum Gasteiger partial charge on any atom is -0.322 e. The molecule has 1 fully saturated rings. The number of benzene rings is 2. The molecule has 3 rings (SSSR count). The Balaban J connectivity index is 1.63. The lowest BCUT2D eigenvalue weighted by molar-refractivity contribution is -0.114. The smallest absolute Gasteiger partial charge is 0.257 e. The normalized spacial score (nSPS) is 22.1. The standard InChI is InChI=1S/C26H30ClN3O4/c1-17-5-4-6-22(27)23(17)24(33)29-20-9-7-18(8-10-20)13-21(15-32)28-16-26(30-34)12-11-19(14-31)25(26,2)3/h4-10,14-15,19,21,28H,11-13,16H2,1-3H3,(H,29,33)/t19-,21?,26+/m0/s1. The molecule has 7 nitrogen and oxygen atoms in total. The molecule has 1 aliphatic rings. The van der Waals surface area contributed by atoms with Crippen LogP contribution in [0.4, 0.5) is 5.69 Å². The lowest BCUT2D eigenvalue weighted by atomic mass is 9.71. The number of carbonyl (C=O) groups is 3. The SMILES string of the molecule is Cc1cccc(Cl)c1C(=O)Nc1ccc(CC(C=O)NC[C@]2(N=O)CC[C@@H](C=O)C2(C)C)cc1. The number of aryl methyl sites for hydroxylation is 1. The molecular formula is C26H30ClN3O4. The van der Waals surface area contributed by atoms with Gasteiger partial charge in [0, 0.05) is 23.6 Å². The van der Waals surface area contributed by atoms with Gasteiger partial charge in [-0.25, -0.2) is 0 Å². The minimum absolute atomic E-state index is 0.225. The van der Waals surface area contributed by atoms with Gasteiger partial charge in [-0.3, -0.25) is 4.79 Å². The van der Waals surface area contributed by atoms with Crippen molar-refractivity contribution in [3.8, 4) is 0 Å². The Morgan fingerprint density at radius 1 is 1.21 bits per heavy atom. The number of carbonyl (C=O) groups excluding carboxylic acids is 3. The number of anilines is 1. The summed E-state index contributed by atoms with van der Waals surface area (Å²) >= 11 is 6.18. The van der Waals surface area contributed by atoms with Gasteiger partial charge in [0.05, 0.1) is 16.6 Å². The van der Waals surface area contributed by atoms with Crippen molar-refractivity contribution < 1.29 is 14.4 Å². The minimum atomic E-state index is -0.940. The molecule has 1 amide bonds. The van der Waals surface area contributed by atoms with E-state index in [0.29, 0.717) is 35.5 Å². The molecule has 2 aromatic rings. The molecule has 2 N–H and O–H groups in total. The highest BCUT2D eigenvalue weighted by Crippen LogP contribution is 2.51. The van der Waals surface area contributed by atoms with Gasteiger partial charge in [-0.2, -0.15) is 4.91 Å². The number of halogens is 1. The Labute approximate surface area is 204 Å². The van der Waals surface area contributed by atoms with Gasteiger partial charge in [-0.1, -0.05) is 54.9 Å². The van der Waals surface area contributed by atoms with Gasteiger partial charge in [0.2, 0.25) is 0 Å². The fourth-order valence-corrected chi connectivity index (χ4v) is 5.04. The number of aldehydes is 2. The highest BCUT2D eigenvalue weighted by Gasteiger charge is 2.56. The van der Waals surface area contributed by atoms with Gasteiger partial charge in [0.15, 0.2) is 0 Å². The summed E-state index contributed by atoms with van der Waals surface area (Å²) < 4.78 is 0. The summed E-state index contributed by atoms with van der Waals surface area (Å²) in [6, 6.07) is 12.0. The zero-order valence-corrected chi connectivity index (χ0v) is 20.4. The van der Waals surface area contributed by atoms with Crippen molar-refractivity contribution >= 4 is 35.8 Å². The Kier molecular flexibility index (Phi) is 8.00. The van der Waals surface area contributed by atoms with Gasteiger partial charge in [0.25, 0.3) is 5.91 Å². The van der Waals surface area contributed by atoms with Crippen molar-refractivity contribution in [3.63, 3.8) is 0 Å². The second-order valence-electron chi connectivity index (χ2n) is 9.54. The molecule has 34 heavy (non-hydrogen) atoms. The van der Waals surface area contributed by atoms with Crippen LogP contribution in [0.15, 0.2) is 47.6 Å². The second-order valence-corrected chi connectivity index (χ2v) is 9.94. The first-order valence-corrected chi connectivity index (χ1v) is 11.7. The molecule has 8 heteroatoms. The summed E-state index contributed by atoms with van der Waals surface area (Å²) in [6.45, 7) is 5.82. The van der Waals surface area contributed by atoms with E-state index in [1.54, 1.807) is 24.3 Å². The average Bonchev–Trinajstić information content (AvgIpc) is 3.07. The van der Waals surface area contributed by atoms with Crippen molar-refractivity contribution in [1.82, 2.24) is 5.32 Å². The lowest BCUT2D eigenvalue weighted by Gasteiger charge is -2.38. The van der Waals surface area contributed by atoms with Crippen molar-refractivity contribution in [3.05, 3.63) is 69.1 Å². The maximum Gasteiger partial charge on any atom is 0.257 e. The first-order chi connectivity index (χ1) is 16.2. The van der Waals surface area contributed by atoms with Crippen LogP contribution in [0.25, 0.3) is 0 Å². The van der Waals surface area contributed by atoms with Gasteiger partial charge in [0.1, 0.15) is 18.1 Å². The predicted octanol–water partition coefficient (Wildman–Crippen LogP) is 4.74. The Morgan fingerprint density at radius 3 is 2.47 bits per heavy atom. The Bertz CT molecular complexity index is 1050. The van der Waals surface area contributed by atoms with Crippen LogP contribution >= 0.6 is 11.6 Å². The first kappa shape index (κ1) is 25.7. The van der Waals surface area contributed by atoms with E-state index in [1.807, 2.05) is 39.0 Å². The molecule has 0 saturated heterocycles. The molecule has 3 atom stereocenters. The van der Waals surface area contributed by atoms with E-state index < -0.39 is 17.0 Å². The van der Waals surface area contributed by atoms with E-state index >= 15 is 0 Å². The molecule has 1 aliphatic carbocycles. The van der Waals surface area contributed by atoms with Crippen molar-refractivity contribution in [2.45, 2.75) is 51.6 Å². The molecule has 0 aromatic heterocycles. The van der Waals surface area contributed by atoms with E-state index in [9.17, 15) is 19.3 Å². The number of hydrogen-bond acceptors (Lipinski definition) is 6. The van der Waals surface area contributed by atoms with Gasteiger partial charge in [-0.05, 0) is 55.5 Å². The summed E-state index contributed by atoms with van der Waals surface area (Å²) in [5.41, 5.74) is 1.19. The quantitative estimate of drug-likeness (QED) is 0.375. The van der Waals surface area contributed by atoms with Gasteiger partial charge in [-0.15, -0.1) is 0 Å². The van der Waals surface area contributed by atoms with E-state index in [4.69, 9.17) is 11.6 Å². The zero-order valence-electron chi connectivity index (χ0n) is 19.6. The van der Waals surface area contributed by atoms with Crippen LogP contribution in [0.2, 0.25) is 5.02 Å². The number of nitroso groups, excluding NO2 is 1. The molecule has 0 radical (unpaired) electrons. The van der Waals surface area contributed by atoms with Crippen LogP contribution < -0.4 is 10.6 Å². The van der Waals surface area contributed by atoms with Crippen LogP contribution in [-0.2, 0) is 16.0 Å². The number of nitrogens with one attached hydrogen (secondary N) is 2. The topological polar surface area (TPSA) is 105 Å². The number of rotatable bonds is 10. The van der Waals surface area contributed by atoms with Crippen molar-refractivity contribution in [2.24, 2.45) is 16.5 Å². The fraction of sp³-hybridized carbons (Fsp3) is 0.423. The van der Waals surface area contributed by atoms with Gasteiger partial charge >= 0.3 is 0 Å². The molecule has 180 valence electrons. The summed E-state index contributed by atoms with van der Waals surface area (Å²) in [5, 5.41) is 9.83. The maximum absolute atomic E-state index is 12.6. The molecular weight excluding hydrogens is 454 g/mol. The van der Waals surface area contributed by atoms with E-state index in [0.717, 1.165) is 23.7 Å². The monoisotopic (exact) mass is 483 g/mol. The third-order valence-corrected chi connectivity index (χ3v) is 7.59. The highest BCUT2D eigenvalue weighted by molar-refractivity contribution is 6.34. The molecule has 0 spiro atoms.